The van der Waals surface area contributed by atoms with Gasteiger partial charge in [0.15, 0.2) is 18.1 Å². The molecule has 0 unspecified atom stereocenters. The van der Waals surface area contributed by atoms with Crippen LogP contribution in [-0.2, 0) is 9.53 Å². The Kier molecular flexibility index (Phi) is 7.43. The average Bonchev–Trinajstić information content (AvgIpc) is 3.65. The van der Waals surface area contributed by atoms with E-state index in [1.54, 1.807) is 47.2 Å². The number of halogens is 1. The quantitative estimate of drug-likeness (QED) is 0.435. The van der Waals surface area contributed by atoms with Crippen molar-refractivity contribution in [2.24, 2.45) is 10.1 Å². The van der Waals surface area contributed by atoms with E-state index >= 15 is 0 Å². The molecule has 188 valence electrons. The topological polar surface area (TPSA) is 77.7 Å². The summed E-state index contributed by atoms with van der Waals surface area (Å²) in [6, 6.07) is 12.1. The minimum Gasteiger partial charge on any atom is -0.493 e. The molecule has 1 amide bonds. The van der Waals surface area contributed by atoms with Gasteiger partial charge in [-0.2, -0.15) is 5.10 Å². The van der Waals surface area contributed by atoms with Crippen LogP contribution in [-0.4, -0.2) is 67.8 Å². The van der Waals surface area contributed by atoms with Gasteiger partial charge in [-0.25, -0.2) is 9.07 Å². The number of hydrogen-bond acceptors (Lipinski definition) is 7. The monoisotopic (exact) mass is 510 g/mol. The highest BCUT2D eigenvalue weighted by molar-refractivity contribution is 7.07. The molecule has 1 aromatic heterocycles. The molecule has 0 N–H and O–H groups in total. The van der Waals surface area contributed by atoms with Gasteiger partial charge in [0.1, 0.15) is 5.82 Å². The summed E-state index contributed by atoms with van der Waals surface area (Å²) in [6.07, 6.45) is 3.89. The first-order chi connectivity index (χ1) is 17.6. The van der Waals surface area contributed by atoms with Crippen molar-refractivity contribution in [1.29, 1.82) is 0 Å². The number of hydrogen-bond donors (Lipinski definition) is 0. The maximum atomic E-state index is 13.5. The second-order valence-corrected chi connectivity index (χ2v) is 9.36. The lowest BCUT2D eigenvalue weighted by Crippen LogP contribution is -2.43. The molecular weight excluding hydrogens is 483 g/mol. The third-order valence-electron chi connectivity index (χ3n) is 5.89. The fourth-order valence-electron chi connectivity index (χ4n) is 3.73. The Bertz CT molecular complexity index is 1310. The van der Waals surface area contributed by atoms with Crippen molar-refractivity contribution in [1.82, 2.24) is 9.58 Å². The SMILES string of the molecule is COc1cc(/C=N\n2c(-c3ccc(F)cc3)csc2=NC2CC2)ccc1OCC(=O)N1CCOCC1. The number of ether oxygens (including phenoxy) is 3. The number of nitrogens with zero attached hydrogens (tertiary/aromatic N) is 4. The summed E-state index contributed by atoms with van der Waals surface area (Å²) in [7, 11) is 1.56. The highest BCUT2D eigenvalue weighted by Gasteiger charge is 2.21. The van der Waals surface area contributed by atoms with Gasteiger partial charge in [0.25, 0.3) is 5.91 Å². The number of methoxy groups -OCH3 is 1. The molecule has 8 nitrogen and oxygen atoms in total. The molecule has 10 heteroatoms. The van der Waals surface area contributed by atoms with Crippen LogP contribution in [0.4, 0.5) is 4.39 Å². The number of aromatic nitrogens is 1. The van der Waals surface area contributed by atoms with Crippen molar-refractivity contribution in [2.75, 3.05) is 40.0 Å². The van der Waals surface area contributed by atoms with Crippen LogP contribution in [0, 0.1) is 5.82 Å². The van der Waals surface area contributed by atoms with E-state index in [-0.39, 0.29) is 18.3 Å². The first kappa shape index (κ1) is 24.2. The number of benzene rings is 2. The Morgan fingerprint density at radius 3 is 2.67 bits per heavy atom. The van der Waals surface area contributed by atoms with Crippen LogP contribution < -0.4 is 14.3 Å². The smallest absolute Gasteiger partial charge is 0.260 e. The standard InChI is InChI=1S/C26H27FN4O4S/c1-33-24-14-18(2-9-23(24)35-16-25(32)30-10-12-34-13-11-30)15-28-31-22(19-3-5-20(27)6-4-19)17-36-26(31)29-21-7-8-21/h2-6,9,14-15,17,21H,7-8,10-13,16H2,1H3/b28-15-,29-26?. The van der Waals surface area contributed by atoms with E-state index < -0.39 is 0 Å². The maximum Gasteiger partial charge on any atom is 0.260 e. The van der Waals surface area contributed by atoms with Crippen LogP contribution in [0.1, 0.15) is 18.4 Å². The summed E-state index contributed by atoms with van der Waals surface area (Å²) < 4.78 is 31.8. The number of thiazole rings is 1. The van der Waals surface area contributed by atoms with E-state index in [9.17, 15) is 9.18 Å². The number of rotatable bonds is 8. The van der Waals surface area contributed by atoms with Gasteiger partial charge >= 0.3 is 0 Å². The van der Waals surface area contributed by atoms with E-state index in [1.165, 1.54) is 23.5 Å². The molecule has 2 heterocycles. The molecule has 2 aliphatic rings. The van der Waals surface area contributed by atoms with E-state index in [0.29, 0.717) is 43.8 Å². The van der Waals surface area contributed by atoms with E-state index in [1.807, 2.05) is 11.4 Å². The largest absolute Gasteiger partial charge is 0.493 e. The second-order valence-electron chi connectivity index (χ2n) is 8.52. The Hall–Kier alpha value is -3.50. The Morgan fingerprint density at radius 1 is 1.17 bits per heavy atom. The molecule has 3 aromatic rings. The highest BCUT2D eigenvalue weighted by atomic mass is 32.1. The first-order valence-electron chi connectivity index (χ1n) is 11.8. The molecule has 5 rings (SSSR count). The third kappa shape index (κ3) is 5.83. The molecule has 1 saturated carbocycles. The van der Waals surface area contributed by atoms with Gasteiger partial charge in [0, 0.05) is 24.0 Å². The van der Waals surface area contributed by atoms with Gasteiger partial charge in [-0.05, 0) is 60.9 Å². The van der Waals surface area contributed by atoms with Crippen molar-refractivity contribution >= 4 is 23.5 Å². The van der Waals surface area contributed by atoms with E-state index in [0.717, 1.165) is 34.5 Å². The van der Waals surface area contributed by atoms with Crippen LogP contribution >= 0.6 is 11.3 Å². The highest BCUT2D eigenvalue weighted by Crippen LogP contribution is 2.28. The Labute approximate surface area is 212 Å². The van der Waals surface area contributed by atoms with E-state index in [2.05, 4.69) is 0 Å². The molecule has 0 spiro atoms. The lowest BCUT2D eigenvalue weighted by Gasteiger charge is -2.26. The van der Waals surface area contributed by atoms with Gasteiger partial charge in [-0.1, -0.05) is 0 Å². The maximum absolute atomic E-state index is 13.5. The van der Waals surface area contributed by atoms with Crippen LogP contribution in [0.5, 0.6) is 11.5 Å². The molecular formula is C26H27FN4O4S. The fraction of sp³-hybridized carbons (Fsp3) is 0.346. The van der Waals surface area contributed by atoms with Crippen molar-refractivity contribution in [3.63, 3.8) is 0 Å². The summed E-state index contributed by atoms with van der Waals surface area (Å²) in [6.45, 7) is 2.17. The molecule has 36 heavy (non-hydrogen) atoms. The van der Waals surface area contributed by atoms with Gasteiger partial charge in [0.05, 0.1) is 38.3 Å². The zero-order valence-electron chi connectivity index (χ0n) is 19.9. The normalized spacial score (nSPS) is 16.5. The van der Waals surface area contributed by atoms with Gasteiger partial charge in [0.2, 0.25) is 4.80 Å². The zero-order chi connectivity index (χ0) is 24.9. The molecule has 0 radical (unpaired) electrons. The van der Waals surface area contributed by atoms with Crippen LogP contribution in [0.25, 0.3) is 11.3 Å². The van der Waals surface area contributed by atoms with Gasteiger partial charge < -0.3 is 19.1 Å². The number of carbonyl (C=O) groups is 1. The third-order valence-corrected chi connectivity index (χ3v) is 6.72. The van der Waals surface area contributed by atoms with Crippen molar-refractivity contribution < 1.29 is 23.4 Å². The second kappa shape index (κ2) is 11.0. The van der Waals surface area contributed by atoms with Crippen molar-refractivity contribution in [3.05, 3.63) is 64.0 Å². The zero-order valence-corrected chi connectivity index (χ0v) is 20.7. The van der Waals surface area contributed by atoms with Crippen molar-refractivity contribution in [3.8, 4) is 22.8 Å². The molecule has 1 aliphatic heterocycles. The number of morpholine rings is 1. The lowest BCUT2D eigenvalue weighted by molar-refractivity contribution is -0.137. The van der Waals surface area contributed by atoms with Gasteiger partial charge in [-0.3, -0.25) is 9.79 Å². The lowest BCUT2D eigenvalue weighted by atomic mass is 10.2. The summed E-state index contributed by atoms with van der Waals surface area (Å²) in [5.74, 6) is 0.620. The van der Waals surface area contributed by atoms with Crippen molar-refractivity contribution in [2.45, 2.75) is 18.9 Å². The Balaban J connectivity index is 1.35. The van der Waals surface area contributed by atoms with Crippen LogP contribution in [0.2, 0.25) is 0 Å². The first-order valence-corrected chi connectivity index (χ1v) is 12.7. The number of amides is 1. The van der Waals surface area contributed by atoms with E-state index in [4.69, 9.17) is 24.3 Å². The molecule has 0 bridgehead atoms. The summed E-state index contributed by atoms with van der Waals surface area (Å²) >= 11 is 1.51. The molecule has 1 saturated heterocycles. The molecule has 2 fully saturated rings. The minimum absolute atomic E-state index is 0.0678. The van der Waals surface area contributed by atoms with Crippen LogP contribution in [0.15, 0.2) is 57.9 Å². The average molecular weight is 511 g/mol. The van der Waals surface area contributed by atoms with Crippen LogP contribution in [0.3, 0.4) is 0 Å². The summed E-state index contributed by atoms with van der Waals surface area (Å²) in [5.41, 5.74) is 2.48. The molecule has 1 aliphatic carbocycles. The molecule has 2 aromatic carbocycles. The predicted octanol–water partition coefficient (Wildman–Crippen LogP) is 3.55. The predicted molar refractivity (Wildman–Crippen MR) is 135 cm³/mol. The Morgan fingerprint density at radius 2 is 1.94 bits per heavy atom. The molecule has 0 atom stereocenters. The summed E-state index contributed by atoms with van der Waals surface area (Å²) in [4.78, 5) is 19.7. The minimum atomic E-state index is -0.284. The fourth-order valence-corrected chi connectivity index (χ4v) is 4.64. The van der Waals surface area contributed by atoms with Gasteiger partial charge in [-0.15, -0.1) is 11.3 Å². The number of carbonyl (C=O) groups excluding carboxylic acids is 1. The summed E-state index contributed by atoms with van der Waals surface area (Å²) in [5, 5.41) is 6.68.